The molecule has 1 amide bonds. The molecular formula is C21H21N3O5. The molecule has 0 bridgehead atoms. The van der Waals surface area contributed by atoms with Gasteiger partial charge in [-0.2, -0.15) is 4.98 Å². The number of rotatable bonds is 8. The quantitative estimate of drug-likeness (QED) is 0.579. The fourth-order valence-electron chi connectivity index (χ4n) is 2.42. The van der Waals surface area contributed by atoms with Crippen molar-refractivity contribution >= 4 is 17.6 Å². The van der Waals surface area contributed by atoms with E-state index in [1.165, 1.54) is 0 Å². The van der Waals surface area contributed by atoms with Crippen molar-refractivity contribution in [2.45, 2.75) is 26.9 Å². The number of hydrogen-bond donors (Lipinski definition) is 1. The molecule has 0 radical (unpaired) electrons. The summed E-state index contributed by atoms with van der Waals surface area (Å²) in [7, 11) is 0. The molecule has 8 heteroatoms. The average molecular weight is 395 g/mol. The molecule has 2 aromatic carbocycles. The number of aryl methyl sites for hydroxylation is 1. The molecule has 0 saturated carbocycles. The Balaban J connectivity index is 1.54. The Labute approximate surface area is 167 Å². The van der Waals surface area contributed by atoms with Gasteiger partial charge in [0.05, 0.1) is 12.2 Å². The SMILES string of the molecule is CCCOC(=O)c1ccc(NC(=O)c2ccc(OCc3noc(C)n3)cc2)cc1. The fraction of sp³-hybridized carbons (Fsp3) is 0.238. The lowest BCUT2D eigenvalue weighted by atomic mass is 10.1. The summed E-state index contributed by atoms with van der Waals surface area (Å²) in [5, 5.41) is 6.53. The van der Waals surface area contributed by atoms with Crippen molar-refractivity contribution in [3.63, 3.8) is 0 Å². The Morgan fingerprint density at radius 3 is 2.34 bits per heavy atom. The standard InChI is InChI=1S/C21H21N3O5/c1-3-12-27-21(26)16-4-8-17(9-5-16)23-20(25)15-6-10-18(11-7-15)28-13-19-22-14(2)29-24-19/h4-11H,3,12-13H2,1-2H3,(H,23,25). The number of carbonyl (C=O) groups is 2. The van der Waals surface area contributed by atoms with Crippen LogP contribution in [0.5, 0.6) is 5.75 Å². The van der Waals surface area contributed by atoms with Crippen molar-refractivity contribution < 1.29 is 23.6 Å². The number of amides is 1. The molecule has 3 aromatic rings. The van der Waals surface area contributed by atoms with Crippen LogP contribution in [-0.2, 0) is 11.3 Å². The van der Waals surface area contributed by atoms with Gasteiger partial charge in [0.2, 0.25) is 11.7 Å². The van der Waals surface area contributed by atoms with Gasteiger partial charge in [0.15, 0.2) is 6.61 Å². The molecule has 0 spiro atoms. The maximum Gasteiger partial charge on any atom is 0.338 e. The lowest BCUT2D eigenvalue weighted by molar-refractivity contribution is 0.0505. The van der Waals surface area contributed by atoms with Gasteiger partial charge in [-0.15, -0.1) is 0 Å². The number of esters is 1. The second-order valence-corrected chi connectivity index (χ2v) is 6.21. The summed E-state index contributed by atoms with van der Waals surface area (Å²) in [6.07, 6.45) is 0.764. The molecule has 150 valence electrons. The lowest BCUT2D eigenvalue weighted by Crippen LogP contribution is -2.12. The molecular weight excluding hydrogens is 374 g/mol. The lowest BCUT2D eigenvalue weighted by Gasteiger charge is -2.08. The van der Waals surface area contributed by atoms with E-state index in [4.69, 9.17) is 14.0 Å². The molecule has 0 fully saturated rings. The van der Waals surface area contributed by atoms with Crippen LogP contribution in [0.15, 0.2) is 53.1 Å². The van der Waals surface area contributed by atoms with Crippen molar-refractivity contribution in [2.75, 3.05) is 11.9 Å². The minimum Gasteiger partial charge on any atom is -0.485 e. The van der Waals surface area contributed by atoms with Gasteiger partial charge in [-0.25, -0.2) is 4.79 Å². The van der Waals surface area contributed by atoms with Crippen LogP contribution >= 0.6 is 0 Å². The van der Waals surface area contributed by atoms with Crippen LogP contribution in [0.4, 0.5) is 5.69 Å². The van der Waals surface area contributed by atoms with Crippen LogP contribution in [0.1, 0.15) is 45.8 Å². The van der Waals surface area contributed by atoms with Crippen LogP contribution in [0.2, 0.25) is 0 Å². The molecule has 29 heavy (non-hydrogen) atoms. The third kappa shape index (κ3) is 5.65. The fourth-order valence-corrected chi connectivity index (χ4v) is 2.42. The molecule has 0 aliphatic rings. The molecule has 1 N–H and O–H groups in total. The highest BCUT2D eigenvalue weighted by atomic mass is 16.5. The zero-order chi connectivity index (χ0) is 20.6. The Kier molecular flexibility index (Phi) is 6.57. The van der Waals surface area contributed by atoms with E-state index in [9.17, 15) is 9.59 Å². The van der Waals surface area contributed by atoms with E-state index >= 15 is 0 Å². The number of aromatic nitrogens is 2. The molecule has 0 aliphatic carbocycles. The Morgan fingerprint density at radius 1 is 1.03 bits per heavy atom. The Morgan fingerprint density at radius 2 is 1.72 bits per heavy atom. The van der Waals surface area contributed by atoms with Gasteiger partial charge in [-0.3, -0.25) is 4.79 Å². The summed E-state index contributed by atoms with van der Waals surface area (Å²) in [4.78, 5) is 28.2. The van der Waals surface area contributed by atoms with Gasteiger partial charge < -0.3 is 19.3 Å². The minimum absolute atomic E-state index is 0.177. The highest BCUT2D eigenvalue weighted by Gasteiger charge is 2.10. The van der Waals surface area contributed by atoms with Crippen LogP contribution < -0.4 is 10.1 Å². The second kappa shape index (κ2) is 9.50. The van der Waals surface area contributed by atoms with E-state index in [-0.39, 0.29) is 18.5 Å². The second-order valence-electron chi connectivity index (χ2n) is 6.21. The third-order valence-electron chi connectivity index (χ3n) is 3.87. The van der Waals surface area contributed by atoms with E-state index in [1.54, 1.807) is 55.5 Å². The zero-order valence-corrected chi connectivity index (χ0v) is 16.2. The van der Waals surface area contributed by atoms with E-state index < -0.39 is 0 Å². The van der Waals surface area contributed by atoms with Crippen LogP contribution in [0.3, 0.4) is 0 Å². The van der Waals surface area contributed by atoms with Gasteiger partial charge in [-0.05, 0) is 55.0 Å². The highest BCUT2D eigenvalue weighted by molar-refractivity contribution is 6.04. The van der Waals surface area contributed by atoms with E-state index in [1.807, 2.05) is 6.92 Å². The summed E-state index contributed by atoms with van der Waals surface area (Å²) in [5.41, 5.74) is 1.49. The van der Waals surface area contributed by atoms with Crippen molar-refractivity contribution in [1.82, 2.24) is 10.1 Å². The summed E-state index contributed by atoms with van der Waals surface area (Å²) in [5.74, 6) is 0.856. The number of hydrogen-bond acceptors (Lipinski definition) is 7. The number of carbonyl (C=O) groups excluding carboxylic acids is 2. The molecule has 1 aromatic heterocycles. The maximum atomic E-state index is 12.4. The first-order valence-electron chi connectivity index (χ1n) is 9.15. The molecule has 1 heterocycles. The van der Waals surface area contributed by atoms with Gasteiger partial charge >= 0.3 is 5.97 Å². The van der Waals surface area contributed by atoms with Gasteiger partial charge in [0.25, 0.3) is 5.91 Å². The third-order valence-corrected chi connectivity index (χ3v) is 3.87. The number of nitrogens with zero attached hydrogens (tertiary/aromatic N) is 2. The zero-order valence-electron chi connectivity index (χ0n) is 16.2. The summed E-state index contributed by atoms with van der Waals surface area (Å²) >= 11 is 0. The summed E-state index contributed by atoms with van der Waals surface area (Å²) in [6.45, 7) is 4.19. The normalized spacial score (nSPS) is 10.4. The predicted molar refractivity (Wildman–Crippen MR) is 105 cm³/mol. The molecule has 0 saturated heterocycles. The smallest absolute Gasteiger partial charge is 0.338 e. The summed E-state index contributed by atoms with van der Waals surface area (Å²) in [6, 6.07) is 13.2. The number of anilines is 1. The van der Waals surface area contributed by atoms with Crippen molar-refractivity contribution in [3.8, 4) is 5.75 Å². The first-order valence-corrected chi connectivity index (χ1v) is 9.15. The van der Waals surface area contributed by atoms with Crippen LogP contribution in [0.25, 0.3) is 0 Å². The van der Waals surface area contributed by atoms with Crippen molar-refractivity contribution in [2.24, 2.45) is 0 Å². The number of ether oxygens (including phenoxy) is 2. The van der Waals surface area contributed by atoms with E-state index in [0.717, 1.165) is 6.42 Å². The minimum atomic E-state index is -0.378. The van der Waals surface area contributed by atoms with Gasteiger partial charge in [-0.1, -0.05) is 12.1 Å². The molecule has 3 rings (SSSR count). The molecule has 0 aliphatic heterocycles. The molecule has 8 nitrogen and oxygen atoms in total. The number of nitrogens with one attached hydrogen (secondary N) is 1. The highest BCUT2D eigenvalue weighted by Crippen LogP contribution is 2.16. The first-order chi connectivity index (χ1) is 14.0. The van der Waals surface area contributed by atoms with Crippen LogP contribution in [-0.4, -0.2) is 28.6 Å². The van der Waals surface area contributed by atoms with Gasteiger partial charge in [0, 0.05) is 18.2 Å². The topological polar surface area (TPSA) is 104 Å². The average Bonchev–Trinajstić information content (AvgIpc) is 3.16. The molecule has 0 unspecified atom stereocenters. The predicted octanol–water partition coefficient (Wildman–Crippen LogP) is 3.78. The summed E-state index contributed by atoms with van der Waals surface area (Å²) < 4.78 is 15.5. The Bertz CT molecular complexity index is 965. The van der Waals surface area contributed by atoms with Crippen molar-refractivity contribution in [3.05, 3.63) is 71.4 Å². The van der Waals surface area contributed by atoms with Gasteiger partial charge in [0.1, 0.15) is 5.75 Å². The van der Waals surface area contributed by atoms with E-state index in [0.29, 0.717) is 40.9 Å². The van der Waals surface area contributed by atoms with E-state index in [2.05, 4.69) is 15.5 Å². The first kappa shape index (κ1) is 20.1. The van der Waals surface area contributed by atoms with Crippen LogP contribution in [0, 0.1) is 6.92 Å². The largest absolute Gasteiger partial charge is 0.485 e. The molecule has 0 atom stereocenters. The number of benzene rings is 2. The monoisotopic (exact) mass is 395 g/mol. The maximum absolute atomic E-state index is 12.4. The Hall–Kier alpha value is -3.68. The van der Waals surface area contributed by atoms with Crippen molar-refractivity contribution in [1.29, 1.82) is 0 Å².